The molecule has 4 rings (SSSR count). The van der Waals surface area contributed by atoms with Gasteiger partial charge in [0.25, 0.3) is 0 Å². The fourth-order valence-corrected chi connectivity index (χ4v) is 3.07. The second-order valence-corrected chi connectivity index (χ2v) is 5.84. The van der Waals surface area contributed by atoms with Gasteiger partial charge < -0.3 is 20.7 Å². The number of nitrogens with two attached hydrogens (primary N) is 1. The topological polar surface area (TPSA) is 119 Å². The number of aromatic nitrogens is 4. The summed E-state index contributed by atoms with van der Waals surface area (Å²) in [5.74, 6) is 0.397. The van der Waals surface area contributed by atoms with Crippen molar-refractivity contribution >= 4 is 17.0 Å². The van der Waals surface area contributed by atoms with Crippen LogP contribution in [0.25, 0.3) is 22.6 Å². The maximum atomic E-state index is 13.7. The van der Waals surface area contributed by atoms with E-state index in [1.807, 2.05) is 30.3 Å². The van der Waals surface area contributed by atoms with Crippen LogP contribution in [0, 0.1) is 6.08 Å². The molecule has 0 radical (unpaired) electrons. The summed E-state index contributed by atoms with van der Waals surface area (Å²) in [5, 5.41) is 19.4. The van der Waals surface area contributed by atoms with Crippen LogP contribution in [-0.2, 0) is 4.74 Å². The van der Waals surface area contributed by atoms with Gasteiger partial charge in [0.1, 0.15) is 18.2 Å². The van der Waals surface area contributed by atoms with Crippen LogP contribution in [0.5, 0.6) is 0 Å². The predicted octanol–water partition coefficient (Wildman–Crippen LogP) is 0.855. The fraction of sp³-hybridized carbons (Fsp3) is 0.312. The molecule has 130 valence electrons. The molecule has 3 atom stereocenters. The zero-order valence-electron chi connectivity index (χ0n) is 13.1. The number of aliphatic hydroxyl groups excluding tert-OH is 2. The van der Waals surface area contributed by atoms with Crippen molar-refractivity contribution in [3.63, 3.8) is 0 Å². The van der Waals surface area contributed by atoms with E-state index in [1.165, 1.54) is 0 Å². The zero-order valence-corrected chi connectivity index (χ0v) is 13.1. The van der Waals surface area contributed by atoms with E-state index in [2.05, 4.69) is 15.0 Å². The number of aliphatic hydroxyl groups is 2. The van der Waals surface area contributed by atoms with Crippen LogP contribution in [0.3, 0.4) is 0 Å². The van der Waals surface area contributed by atoms with Gasteiger partial charge in [-0.1, -0.05) is 30.3 Å². The van der Waals surface area contributed by atoms with E-state index in [0.29, 0.717) is 5.82 Å². The Morgan fingerprint density at radius 1 is 1.24 bits per heavy atom. The van der Waals surface area contributed by atoms with Crippen LogP contribution in [0.15, 0.2) is 30.3 Å². The molecule has 25 heavy (non-hydrogen) atoms. The fourth-order valence-electron chi connectivity index (χ4n) is 3.07. The monoisotopic (exact) mass is 345 g/mol. The molecule has 9 heteroatoms. The smallest absolute Gasteiger partial charge is 0.312 e. The van der Waals surface area contributed by atoms with Crippen LogP contribution in [0.2, 0.25) is 0 Å². The first kappa shape index (κ1) is 15.9. The lowest BCUT2D eigenvalue weighted by Crippen LogP contribution is -2.24. The van der Waals surface area contributed by atoms with E-state index >= 15 is 0 Å². The Balaban J connectivity index is 1.94. The summed E-state index contributed by atoms with van der Waals surface area (Å²) < 4.78 is 21.0. The van der Waals surface area contributed by atoms with E-state index < -0.39 is 24.5 Å². The first-order chi connectivity index (χ1) is 12.1. The molecule has 8 nitrogen and oxygen atoms in total. The molecular weight excluding hydrogens is 329 g/mol. The molecule has 4 N–H and O–H groups in total. The summed E-state index contributed by atoms with van der Waals surface area (Å²) >= 11 is 0. The molecule has 3 aromatic rings. The molecule has 0 amide bonds. The summed E-state index contributed by atoms with van der Waals surface area (Å²) in [6.07, 6.45) is -3.00. The molecule has 2 aromatic heterocycles. The number of benzene rings is 1. The van der Waals surface area contributed by atoms with Crippen LogP contribution in [0.4, 0.5) is 10.2 Å². The Hall–Kier alpha value is -2.62. The number of hydrogen-bond acceptors (Lipinski definition) is 7. The second kappa shape index (κ2) is 6.03. The highest BCUT2D eigenvalue weighted by Gasteiger charge is 2.37. The van der Waals surface area contributed by atoms with Gasteiger partial charge >= 0.3 is 6.08 Å². The van der Waals surface area contributed by atoms with Crippen LogP contribution >= 0.6 is 0 Å². The summed E-state index contributed by atoms with van der Waals surface area (Å²) in [5.41, 5.74) is 6.99. The predicted molar refractivity (Wildman–Crippen MR) is 86.7 cm³/mol. The lowest BCUT2D eigenvalue weighted by Gasteiger charge is -2.16. The SMILES string of the molecule is Nc1nc(F)nc2c1nc(-c1ccccc1)n2C1CC(O)C(CO)O1. The van der Waals surface area contributed by atoms with E-state index in [-0.39, 0.29) is 30.0 Å². The van der Waals surface area contributed by atoms with Gasteiger partial charge in [-0.25, -0.2) is 4.98 Å². The highest BCUT2D eigenvalue weighted by Crippen LogP contribution is 2.36. The number of nitrogen functional groups attached to an aromatic ring is 1. The molecule has 3 unspecified atom stereocenters. The van der Waals surface area contributed by atoms with Crippen molar-refractivity contribution in [3.8, 4) is 11.4 Å². The molecular formula is C16H16FN5O3. The number of ether oxygens (including phenoxy) is 1. The number of imidazole rings is 1. The molecule has 1 fully saturated rings. The Morgan fingerprint density at radius 3 is 2.68 bits per heavy atom. The molecule has 0 bridgehead atoms. The quantitative estimate of drug-likeness (QED) is 0.602. The van der Waals surface area contributed by atoms with Crippen molar-refractivity contribution < 1.29 is 19.3 Å². The second-order valence-electron chi connectivity index (χ2n) is 5.84. The number of hydrogen-bond donors (Lipinski definition) is 3. The number of fused-ring (bicyclic) bond motifs is 1. The van der Waals surface area contributed by atoms with Crippen molar-refractivity contribution in [2.45, 2.75) is 24.9 Å². The normalized spacial score (nSPS) is 23.4. The van der Waals surface area contributed by atoms with Gasteiger partial charge in [-0.05, 0) is 0 Å². The van der Waals surface area contributed by atoms with Crippen LogP contribution in [0.1, 0.15) is 12.6 Å². The third kappa shape index (κ3) is 2.62. The minimum absolute atomic E-state index is 0.0734. The van der Waals surface area contributed by atoms with Crippen molar-refractivity contribution in [1.82, 2.24) is 19.5 Å². The van der Waals surface area contributed by atoms with Crippen molar-refractivity contribution in [1.29, 1.82) is 0 Å². The van der Waals surface area contributed by atoms with Crippen LogP contribution in [-0.4, -0.2) is 48.5 Å². The van der Waals surface area contributed by atoms with Gasteiger partial charge in [-0.2, -0.15) is 14.4 Å². The lowest BCUT2D eigenvalue weighted by atomic mass is 10.2. The summed E-state index contributed by atoms with van der Waals surface area (Å²) in [4.78, 5) is 11.8. The largest absolute Gasteiger partial charge is 0.394 e. The molecule has 0 aliphatic carbocycles. The highest BCUT2D eigenvalue weighted by molar-refractivity contribution is 5.85. The molecule has 1 aromatic carbocycles. The van der Waals surface area contributed by atoms with Gasteiger partial charge in [0, 0.05) is 12.0 Å². The lowest BCUT2D eigenvalue weighted by molar-refractivity contribution is -0.0427. The van der Waals surface area contributed by atoms with Gasteiger partial charge in [0.2, 0.25) is 0 Å². The van der Waals surface area contributed by atoms with Gasteiger partial charge in [-0.3, -0.25) is 4.57 Å². The minimum atomic E-state index is -0.969. The molecule has 3 heterocycles. The minimum Gasteiger partial charge on any atom is -0.394 e. The van der Waals surface area contributed by atoms with Gasteiger partial charge in [0.05, 0.1) is 12.7 Å². The summed E-state index contributed by atoms with van der Waals surface area (Å²) in [6.45, 7) is -0.323. The third-order valence-corrected chi connectivity index (χ3v) is 4.24. The first-order valence-corrected chi connectivity index (χ1v) is 7.79. The third-order valence-electron chi connectivity index (χ3n) is 4.24. The maximum absolute atomic E-state index is 13.7. The van der Waals surface area contributed by atoms with E-state index in [1.54, 1.807) is 4.57 Å². The molecule has 1 saturated heterocycles. The number of nitrogens with zero attached hydrogens (tertiary/aromatic N) is 4. The Morgan fingerprint density at radius 2 is 2.00 bits per heavy atom. The number of rotatable bonds is 3. The van der Waals surface area contributed by atoms with E-state index in [0.717, 1.165) is 5.56 Å². The average molecular weight is 345 g/mol. The standard InChI is InChI=1S/C16H16FN5O3/c17-16-20-13(18)12-15(21-16)22(11-6-9(24)10(7-23)25-11)14(19-12)8-4-2-1-3-5-8/h1-5,9-11,23-24H,6-7H2,(H2,18,20,21). The number of halogens is 1. The summed E-state index contributed by atoms with van der Waals surface area (Å²) in [6, 6.07) is 9.23. The Bertz CT molecular complexity index is 917. The molecule has 1 aliphatic heterocycles. The first-order valence-electron chi connectivity index (χ1n) is 7.79. The van der Waals surface area contributed by atoms with Gasteiger partial charge in [-0.15, -0.1) is 0 Å². The Kier molecular flexibility index (Phi) is 3.83. The summed E-state index contributed by atoms with van der Waals surface area (Å²) in [7, 11) is 0. The molecule has 0 spiro atoms. The zero-order chi connectivity index (χ0) is 17.6. The number of anilines is 1. The van der Waals surface area contributed by atoms with Crippen LogP contribution < -0.4 is 5.73 Å². The van der Waals surface area contributed by atoms with E-state index in [4.69, 9.17) is 10.5 Å². The molecule has 0 saturated carbocycles. The Labute approximate surface area is 141 Å². The van der Waals surface area contributed by atoms with Crippen molar-refractivity contribution in [3.05, 3.63) is 36.4 Å². The molecule has 1 aliphatic rings. The maximum Gasteiger partial charge on any atom is 0.312 e. The highest BCUT2D eigenvalue weighted by atomic mass is 19.1. The average Bonchev–Trinajstić information content (AvgIpc) is 3.16. The van der Waals surface area contributed by atoms with Crippen molar-refractivity contribution in [2.75, 3.05) is 12.3 Å². The van der Waals surface area contributed by atoms with E-state index in [9.17, 15) is 14.6 Å². The van der Waals surface area contributed by atoms with Crippen molar-refractivity contribution in [2.24, 2.45) is 0 Å². The van der Waals surface area contributed by atoms with Gasteiger partial charge in [0.15, 0.2) is 17.0 Å².